The van der Waals surface area contributed by atoms with Crippen molar-refractivity contribution in [1.29, 1.82) is 5.26 Å². The second kappa shape index (κ2) is 5.14. The number of aryl methyl sites for hydroxylation is 1. The quantitative estimate of drug-likeness (QED) is 0.902. The van der Waals surface area contributed by atoms with Crippen LogP contribution in [0.3, 0.4) is 0 Å². The van der Waals surface area contributed by atoms with Crippen molar-refractivity contribution in [2.75, 3.05) is 0 Å². The summed E-state index contributed by atoms with van der Waals surface area (Å²) in [5, 5.41) is 17.8. The molecule has 1 N–H and O–H groups in total. The van der Waals surface area contributed by atoms with E-state index in [0.717, 1.165) is 0 Å². The van der Waals surface area contributed by atoms with Gasteiger partial charge >= 0.3 is 5.97 Å². The number of hydrogen-bond donors (Lipinski definition) is 1. The van der Waals surface area contributed by atoms with Gasteiger partial charge in [-0.3, -0.25) is 0 Å². The van der Waals surface area contributed by atoms with E-state index < -0.39 is 5.97 Å². The van der Waals surface area contributed by atoms with Crippen molar-refractivity contribution in [3.63, 3.8) is 0 Å². The first-order valence-electron chi connectivity index (χ1n) is 5.35. The van der Waals surface area contributed by atoms with Crippen LogP contribution in [-0.2, 0) is 0 Å². The van der Waals surface area contributed by atoms with E-state index in [9.17, 15) is 4.79 Å². The molecule has 0 aliphatic rings. The van der Waals surface area contributed by atoms with E-state index in [0.29, 0.717) is 11.3 Å². The van der Waals surface area contributed by atoms with Crippen LogP contribution >= 0.6 is 0 Å². The number of carboxylic acid groups (broad SMARTS) is 1. The molecule has 94 valence electrons. The number of nitrogens with zero attached hydrogens (tertiary/aromatic N) is 3. The third kappa shape index (κ3) is 2.84. The van der Waals surface area contributed by atoms with Crippen molar-refractivity contribution in [1.82, 2.24) is 9.97 Å². The fraction of sp³-hybridized carbons (Fsp3) is 0.0769. The normalized spacial score (nSPS) is 9.68. The predicted molar refractivity (Wildman–Crippen MR) is 65.0 cm³/mol. The zero-order valence-corrected chi connectivity index (χ0v) is 9.99. The maximum atomic E-state index is 11.0. The van der Waals surface area contributed by atoms with Gasteiger partial charge in [0.15, 0.2) is 11.4 Å². The van der Waals surface area contributed by atoms with Crippen LogP contribution in [-0.4, -0.2) is 21.0 Å². The van der Waals surface area contributed by atoms with Crippen molar-refractivity contribution in [3.8, 4) is 17.7 Å². The first-order chi connectivity index (χ1) is 9.10. The molecular weight excluding hydrogens is 246 g/mol. The molecule has 0 aromatic carbocycles. The minimum Gasteiger partial charge on any atom is -0.476 e. The maximum Gasteiger partial charge on any atom is 0.358 e. The molecule has 0 saturated heterocycles. The number of pyridine rings is 2. The number of ether oxygens (including phenoxy) is 1. The molecule has 0 atom stereocenters. The Balaban J connectivity index is 2.39. The minimum atomic E-state index is -1.19. The molecule has 6 heteroatoms. The molecular formula is C13H9N3O3. The molecule has 0 aliphatic carbocycles. The van der Waals surface area contributed by atoms with Gasteiger partial charge in [0.25, 0.3) is 0 Å². The van der Waals surface area contributed by atoms with Crippen molar-refractivity contribution in [2.24, 2.45) is 0 Å². The first kappa shape index (κ1) is 12.5. The van der Waals surface area contributed by atoms with Gasteiger partial charge in [-0.05, 0) is 25.1 Å². The lowest BCUT2D eigenvalue weighted by Gasteiger charge is -2.07. The van der Waals surface area contributed by atoms with Gasteiger partial charge in [0.1, 0.15) is 0 Å². The molecule has 0 amide bonds. The summed E-state index contributed by atoms with van der Waals surface area (Å²) in [7, 11) is 0. The van der Waals surface area contributed by atoms with E-state index in [4.69, 9.17) is 15.1 Å². The molecule has 0 fully saturated rings. The smallest absolute Gasteiger partial charge is 0.358 e. The lowest BCUT2D eigenvalue weighted by atomic mass is 10.2. The fourth-order valence-corrected chi connectivity index (χ4v) is 1.50. The Labute approximate surface area is 108 Å². The van der Waals surface area contributed by atoms with Gasteiger partial charge in [-0.2, -0.15) is 5.26 Å². The van der Waals surface area contributed by atoms with Gasteiger partial charge in [0, 0.05) is 18.0 Å². The Morgan fingerprint density at radius 1 is 1.47 bits per heavy atom. The van der Waals surface area contributed by atoms with Crippen LogP contribution in [0.5, 0.6) is 11.6 Å². The van der Waals surface area contributed by atoms with E-state index in [1.54, 1.807) is 19.1 Å². The lowest BCUT2D eigenvalue weighted by Crippen LogP contribution is -2.03. The molecule has 2 rings (SSSR count). The van der Waals surface area contributed by atoms with E-state index in [1.165, 1.54) is 18.3 Å². The molecule has 19 heavy (non-hydrogen) atoms. The maximum absolute atomic E-state index is 11.0. The highest BCUT2D eigenvalue weighted by Gasteiger charge is 2.13. The number of aromatic carboxylic acids is 1. The van der Waals surface area contributed by atoms with Crippen LogP contribution in [0.15, 0.2) is 30.5 Å². The average Bonchev–Trinajstić information content (AvgIpc) is 2.38. The average molecular weight is 255 g/mol. The Morgan fingerprint density at radius 3 is 2.95 bits per heavy atom. The third-order valence-electron chi connectivity index (χ3n) is 2.25. The number of rotatable bonds is 3. The van der Waals surface area contributed by atoms with Crippen LogP contribution in [0.1, 0.15) is 21.7 Å². The van der Waals surface area contributed by atoms with Gasteiger partial charge in [0.2, 0.25) is 5.88 Å². The summed E-state index contributed by atoms with van der Waals surface area (Å²) >= 11 is 0. The fourth-order valence-electron chi connectivity index (χ4n) is 1.50. The van der Waals surface area contributed by atoms with Gasteiger partial charge in [0.05, 0.1) is 11.6 Å². The predicted octanol–water partition coefficient (Wildman–Crippen LogP) is 2.15. The Morgan fingerprint density at radius 2 is 2.26 bits per heavy atom. The molecule has 0 radical (unpaired) electrons. The zero-order valence-electron chi connectivity index (χ0n) is 9.99. The summed E-state index contributed by atoms with van der Waals surface area (Å²) in [6.07, 6.45) is 1.36. The molecule has 2 aromatic rings. The summed E-state index contributed by atoms with van der Waals surface area (Å²) in [5.74, 6) is -0.951. The highest BCUT2D eigenvalue weighted by atomic mass is 16.5. The van der Waals surface area contributed by atoms with Gasteiger partial charge < -0.3 is 9.84 Å². The van der Waals surface area contributed by atoms with Gasteiger partial charge in [-0.1, -0.05) is 0 Å². The molecule has 0 spiro atoms. The molecule has 2 heterocycles. The molecule has 0 saturated carbocycles. The van der Waals surface area contributed by atoms with Gasteiger partial charge in [-0.25, -0.2) is 14.8 Å². The van der Waals surface area contributed by atoms with Crippen molar-refractivity contribution >= 4 is 5.97 Å². The van der Waals surface area contributed by atoms with Crippen LogP contribution < -0.4 is 4.74 Å². The monoisotopic (exact) mass is 255 g/mol. The molecule has 0 bridgehead atoms. The summed E-state index contributed by atoms with van der Waals surface area (Å²) in [6.45, 7) is 1.72. The minimum absolute atomic E-state index is 0.0805. The second-order valence-corrected chi connectivity index (χ2v) is 3.70. The Bertz CT molecular complexity index is 677. The third-order valence-corrected chi connectivity index (χ3v) is 2.25. The van der Waals surface area contributed by atoms with Gasteiger partial charge in [-0.15, -0.1) is 0 Å². The Kier molecular flexibility index (Phi) is 3.39. The summed E-state index contributed by atoms with van der Waals surface area (Å²) in [6, 6.07) is 8.06. The van der Waals surface area contributed by atoms with Crippen molar-refractivity contribution in [2.45, 2.75) is 6.92 Å². The van der Waals surface area contributed by atoms with E-state index in [2.05, 4.69) is 9.97 Å². The van der Waals surface area contributed by atoms with Crippen LogP contribution in [0.4, 0.5) is 0 Å². The zero-order chi connectivity index (χ0) is 13.8. The standard InChI is InChI=1S/C13H9N3O3/c1-8-5-9(7-14)6-11(16-8)19-10-3-2-4-15-12(10)13(17)18/h2-6H,1H3,(H,17,18). The van der Waals surface area contributed by atoms with Crippen molar-refractivity contribution < 1.29 is 14.6 Å². The Hall–Kier alpha value is -2.94. The summed E-state index contributed by atoms with van der Waals surface area (Å²) in [4.78, 5) is 18.8. The number of aromatic nitrogens is 2. The molecule has 6 nitrogen and oxygen atoms in total. The number of nitriles is 1. The lowest BCUT2D eigenvalue weighted by molar-refractivity contribution is 0.0687. The second-order valence-electron chi connectivity index (χ2n) is 3.70. The van der Waals surface area contributed by atoms with Crippen molar-refractivity contribution in [3.05, 3.63) is 47.4 Å². The molecule has 0 aliphatic heterocycles. The van der Waals surface area contributed by atoms with Crippen LogP contribution in [0.25, 0.3) is 0 Å². The molecule has 2 aromatic heterocycles. The van der Waals surface area contributed by atoms with Crippen LogP contribution in [0, 0.1) is 18.3 Å². The highest BCUT2D eigenvalue weighted by Crippen LogP contribution is 2.23. The van der Waals surface area contributed by atoms with E-state index >= 15 is 0 Å². The largest absolute Gasteiger partial charge is 0.476 e. The SMILES string of the molecule is Cc1cc(C#N)cc(Oc2cccnc2C(=O)O)n1. The highest BCUT2D eigenvalue weighted by molar-refractivity contribution is 5.88. The number of carbonyl (C=O) groups is 1. The first-order valence-corrected chi connectivity index (χ1v) is 5.35. The summed E-state index contributed by atoms with van der Waals surface area (Å²) in [5.41, 5.74) is 0.794. The topological polar surface area (TPSA) is 96.1 Å². The van der Waals surface area contributed by atoms with Crippen LogP contribution in [0.2, 0.25) is 0 Å². The molecule has 0 unspecified atom stereocenters. The number of hydrogen-bond acceptors (Lipinski definition) is 5. The summed E-state index contributed by atoms with van der Waals surface area (Å²) < 4.78 is 5.39. The number of carboxylic acids is 1. The van der Waals surface area contributed by atoms with E-state index in [-0.39, 0.29) is 17.3 Å². The van der Waals surface area contributed by atoms with E-state index in [1.807, 2.05) is 6.07 Å².